The van der Waals surface area contributed by atoms with Crippen LogP contribution in [0.1, 0.15) is 87.1 Å². The molecule has 3 aromatic carbocycles. The highest BCUT2D eigenvalue weighted by Crippen LogP contribution is 2.25. The third-order valence-electron chi connectivity index (χ3n) is 6.59. The third-order valence-corrected chi connectivity index (χ3v) is 6.59. The fourth-order valence-corrected chi connectivity index (χ4v) is 4.29. The Morgan fingerprint density at radius 1 is 0.595 bits per heavy atom. The van der Waals surface area contributed by atoms with Crippen LogP contribution in [0.25, 0.3) is 11.1 Å². The van der Waals surface area contributed by atoms with Gasteiger partial charge in [-0.05, 0) is 59.5 Å². The molecule has 0 atom stereocenters. The van der Waals surface area contributed by atoms with Crippen molar-refractivity contribution in [3.8, 4) is 22.6 Å². The Morgan fingerprint density at radius 2 is 1.08 bits per heavy atom. The standard InChI is InChI=1S/C33H42O4/c1-3-4-5-6-7-8-9-10-11-12-25-36-31-21-17-28(18-22-31)29-19-23-32(24-20-29)37-26-27-13-15-30(16-14-27)33(34)35-2/h13-24H,3-12,25-26H2,1-2H3. The number of ether oxygens (including phenoxy) is 3. The molecule has 0 aliphatic heterocycles. The van der Waals surface area contributed by atoms with Crippen LogP contribution in [0.3, 0.4) is 0 Å². The van der Waals surface area contributed by atoms with Crippen LogP contribution in [-0.4, -0.2) is 19.7 Å². The predicted molar refractivity (Wildman–Crippen MR) is 151 cm³/mol. The number of esters is 1. The van der Waals surface area contributed by atoms with E-state index in [4.69, 9.17) is 14.2 Å². The summed E-state index contributed by atoms with van der Waals surface area (Å²) < 4.78 is 16.6. The Balaban J connectivity index is 1.33. The number of hydrogen-bond acceptors (Lipinski definition) is 4. The molecule has 0 N–H and O–H groups in total. The van der Waals surface area contributed by atoms with Gasteiger partial charge in [0.15, 0.2) is 0 Å². The molecule has 0 aliphatic carbocycles. The van der Waals surface area contributed by atoms with Crippen LogP contribution < -0.4 is 9.47 Å². The molecule has 0 bridgehead atoms. The van der Waals surface area contributed by atoms with Gasteiger partial charge in [0.2, 0.25) is 0 Å². The molecule has 198 valence electrons. The van der Waals surface area contributed by atoms with Gasteiger partial charge in [-0.1, -0.05) is 101 Å². The van der Waals surface area contributed by atoms with Crippen molar-refractivity contribution in [3.05, 3.63) is 83.9 Å². The zero-order valence-corrected chi connectivity index (χ0v) is 22.5. The van der Waals surface area contributed by atoms with Crippen LogP contribution >= 0.6 is 0 Å². The van der Waals surface area contributed by atoms with Crippen molar-refractivity contribution < 1.29 is 19.0 Å². The van der Waals surface area contributed by atoms with Gasteiger partial charge in [0.05, 0.1) is 19.3 Å². The second-order valence-corrected chi connectivity index (χ2v) is 9.56. The SMILES string of the molecule is CCCCCCCCCCCCOc1ccc(-c2ccc(OCc3ccc(C(=O)OC)cc3)cc2)cc1. The Kier molecular flexibility index (Phi) is 12.6. The smallest absolute Gasteiger partial charge is 0.337 e. The highest BCUT2D eigenvalue weighted by atomic mass is 16.5. The summed E-state index contributed by atoms with van der Waals surface area (Å²) in [5.41, 5.74) is 3.81. The molecule has 4 nitrogen and oxygen atoms in total. The van der Waals surface area contributed by atoms with Crippen LogP contribution in [0.4, 0.5) is 0 Å². The summed E-state index contributed by atoms with van der Waals surface area (Å²) in [4.78, 5) is 11.5. The summed E-state index contributed by atoms with van der Waals surface area (Å²) in [6.45, 7) is 3.49. The van der Waals surface area contributed by atoms with E-state index in [0.717, 1.165) is 41.2 Å². The minimum Gasteiger partial charge on any atom is -0.494 e. The van der Waals surface area contributed by atoms with E-state index in [1.807, 2.05) is 36.4 Å². The monoisotopic (exact) mass is 502 g/mol. The lowest BCUT2D eigenvalue weighted by atomic mass is 10.1. The summed E-state index contributed by atoms with van der Waals surface area (Å²) in [5, 5.41) is 0. The average Bonchev–Trinajstić information content (AvgIpc) is 2.95. The lowest BCUT2D eigenvalue weighted by Gasteiger charge is -2.09. The minimum absolute atomic E-state index is 0.336. The first-order valence-electron chi connectivity index (χ1n) is 13.8. The molecule has 4 heteroatoms. The van der Waals surface area contributed by atoms with E-state index in [9.17, 15) is 4.79 Å². The predicted octanol–water partition coefficient (Wildman–Crippen LogP) is 9.02. The molecule has 3 aromatic rings. The van der Waals surface area contributed by atoms with E-state index in [-0.39, 0.29) is 5.97 Å². The molecule has 0 aromatic heterocycles. The molecule has 0 radical (unpaired) electrons. The molecular weight excluding hydrogens is 460 g/mol. The average molecular weight is 503 g/mol. The van der Waals surface area contributed by atoms with E-state index in [1.54, 1.807) is 12.1 Å². The molecule has 0 spiro atoms. The first-order valence-corrected chi connectivity index (χ1v) is 13.8. The van der Waals surface area contributed by atoms with Crippen molar-refractivity contribution in [1.29, 1.82) is 0 Å². The molecule has 0 saturated heterocycles. The number of benzene rings is 3. The zero-order valence-electron chi connectivity index (χ0n) is 22.5. The van der Waals surface area contributed by atoms with Crippen LogP contribution in [0, 0.1) is 0 Å². The zero-order chi connectivity index (χ0) is 26.1. The van der Waals surface area contributed by atoms with Gasteiger partial charge in [0.25, 0.3) is 0 Å². The lowest BCUT2D eigenvalue weighted by molar-refractivity contribution is 0.0600. The van der Waals surface area contributed by atoms with Gasteiger partial charge in [-0.15, -0.1) is 0 Å². The van der Waals surface area contributed by atoms with E-state index >= 15 is 0 Å². The van der Waals surface area contributed by atoms with Gasteiger partial charge in [-0.2, -0.15) is 0 Å². The summed E-state index contributed by atoms with van der Waals surface area (Å²) in [6, 6.07) is 23.6. The molecule has 0 amide bonds. The van der Waals surface area contributed by atoms with E-state index in [1.165, 1.54) is 64.9 Å². The number of methoxy groups -OCH3 is 1. The maximum atomic E-state index is 11.5. The second kappa shape index (κ2) is 16.5. The van der Waals surface area contributed by atoms with Crippen molar-refractivity contribution in [2.75, 3.05) is 13.7 Å². The number of carbonyl (C=O) groups is 1. The van der Waals surface area contributed by atoms with Gasteiger partial charge >= 0.3 is 5.97 Å². The molecule has 37 heavy (non-hydrogen) atoms. The molecule has 0 saturated carbocycles. The number of carbonyl (C=O) groups excluding carboxylic acids is 1. The minimum atomic E-state index is -0.336. The number of unbranched alkanes of at least 4 members (excludes halogenated alkanes) is 9. The van der Waals surface area contributed by atoms with Crippen LogP contribution in [0.5, 0.6) is 11.5 Å². The third kappa shape index (κ3) is 10.3. The molecule has 0 heterocycles. The largest absolute Gasteiger partial charge is 0.494 e. The van der Waals surface area contributed by atoms with E-state index in [0.29, 0.717) is 12.2 Å². The Bertz CT molecular complexity index is 1020. The van der Waals surface area contributed by atoms with Gasteiger partial charge < -0.3 is 14.2 Å². The summed E-state index contributed by atoms with van der Waals surface area (Å²) in [6.07, 6.45) is 13.3. The summed E-state index contributed by atoms with van der Waals surface area (Å²) in [7, 11) is 1.38. The second-order valence-electron chi connectivity index (χ2n) is 9.56. The van der Waals surface area contributed by atoms with Crippen molar-refractivity contribution in [2.24, 2.45) is 0 Å². The molecular formula is C33H42O4. The number of hydrogen-bond donors (Lipinski definition) is 0. The fourth-order valence-electron chi connectivity index (χ4n) is 4.29. The van der Waals surface area contributed by atoms with Crippen molar-refractivity contribution in [1.82, 2.24) is 0 Å². The van der Waals surface area contributed by atoms with Crippen LogP contribution in [0.15, 0.2) is 72.8 Å². The van der Waals surface area contributed by atoms with Crippen LogP contribution in [-0.2, 0) is 11.3 Å². The lowest BCUT2D eigenvalue weighted by Crippen LogP contribution is -2.01. The summed E-state index contributed by atoms with van der Waals surface area (Å²) >= 11 is 0. The maximum Gasteiger partial charge on any atom is 0.337 e. The quantitative estimate of drug-likeness (QED) is 0.136. The topological polar surface area (TPSA) is 44.8 Å². The molecule has 3 rings (SSSR count). The van der Waals surface area contributed by atoms with Crippen molar-refractivity contribution >= 4 is 5.97 Å². The Hall–Kier alpha value is -3.27. The van der Waals surface area contributed by atoms with Gasteiger partial charge in [0.1, 0.15) is 18.1 Å². The van der Waals surface area contributed by atoms with Gasteiger partial charge in [0, 0.05) is 0 Å². The van der Waals surface area contributed by atoms with Gasteiger partial charge in [-0.3, -0.25) is 0 Å². The van der Waals surface area contributed by atoms with Crippen molar-refractivity contribution in [2.45, 2.75) is 77.7 Å². The van der Waals surface area contributed by atoms with Gasteiger partial charge in [-0.25, -0.2) is 4.79 Å². The first kappa shape index (κ1) is 28.3. The highest BCUT2D eigenvalue weighted by molar-refractivity contribution is 5.89. The molecule has 0 unspecified atom stereocenters. The number of rotatable bonds is 17. The first-order chi connectivity index (χ1) is 18.2. The Morgan fingerprint density at radius 3 is 1.59 bits per heavy atom. The summed E-state index contributed by atoms with van der Waals surface area (Å²) in [5.74, 6) is 1.40. The van der Waals surface area contributed by atoms with E-state index in [2.05, 4.69) is 31.2 Å². The fraction of sp³-hybridized carbons (Fsp3) is 0.424. The molecule has 0 fully saturated rings. The Labute approximate surface area is 223 Å². The molecule has 0 aliphatic rings. The van der Waals surface area contributed by atoms with Crippen LogP contribution in [0.2, 0.25) is 0 Å². The van der Waals surface area contributed by atoms with Crippen molar-refractivity contribution in [3.63, 3.8) is 0 Å². The normalized spacial score (nSPS) is 10.8. The maximum absolute atomic E-state index is 11.5. The van der Waals surface area contributed by atoms with E-state index < -0.39 is 0 Å². The highest BCUT2D eigenvalue weighted by Gasteiger charge is 2.05.